The van der Waals surface area contributed by atoms with Crippen LogP contribution in [0.15, 0.2) is 72.9 Å². The molecule has 1 N–H and O–H groups in total. The molecule has 0 aliphatic carbocycles. The zero-order chi connectivity index (χ0) is 17.9. The Balaban J connectivity index is 1.90. The molecule has 1 amide bonds. The molecule has 1 aromatic heterocycles. The van der Waals surface area contributed by atoms with Gasteiger partial charge in [-0.2, -0.15) is 13.2 Å². The Labute approximate surface area is 142 Å². The molecule has 0 saturated carbocycles. The van der Waals surface area contributed by atoms with Crippen molar-refractivity contribution in [3.8, 4) is 11.1 Å². The maximum atomic E-state index is 12.7. The summed E-state index contributed by atoms with van der Waals surface area (Å²) in [7, 11) is 0. The topological polar surface area (TPSA) is 42.0 Å². The van der Waals surface area contributed by atoms with Crippen LogP contribution in [0.1, 0.15) is 16.1 Å². The van der Waals surface area contributed by atoms with E-state index in [0.29, 0.717) is 16.8 Å². The van der Waals surface area contributed by atoms with Gasteiger partial charge < -0.3 is 5.32 Å². The molecule has 3 rings (SSSR count). The van der Waals surface area contributed by atoms with Crippen molar-refractivity contribution in [1.82, 2.24) is 4.98 Å². The number of rotatable bonds is 3. The number of aromatic nitrogens is 1. The van der Waals surface area contributed by atoms with Gasteiger partial charge in [0.05, 0.1) is 5.56 Å². The highest BCUT2D eigenvalue weighted by Crippen LogP contribution is 2.33. The highest BCUT2D eigenvalue weighted by Gasteiger charge is 2.30. The highest BCUT2D eigenvalue weighted by atomic mass is 19.4. The fourth-order valence-electron chi connectivity index (χ4n) is 2.37. The Hall–Kier alpha value is -3.15. The quantitative estimate of drug-likeness (QED) is 0.726. The monoisotopic (exact) mass is 342 g/mol. The number of alkyl halides is 3. The van der Waals surface area contributed by atoms with Crippen LogP contribution in [-0.4, -0.2) is 10.9 Å². The molecule has 0 aliphatic rings. The summed E-state index contributed by atoms with van der Waals surface area (Å²) in [6.45, 7) is 0. The smallest absolute Gasteiger partial charge is 0.320 e. The molecule has 0 spiro atoms. The molecule has 0 bridgehead atoms. The average Bonchev–Trinajstić information content (AvgIpc) is 2.62. The van der Waals surface area contributed by atoms with Gasteiger partial charge in [0.1, 0.15) is 5.69 Å². The number of halogens is 3. The first-order chi connectivity index (χ1) is 11.9. The van der Waals surface area contributed by atoms with Crippen molar-refractivity contribution < 1.29 is 18.0 Å². The second-order valence-corrected chi connectivity index (χ2v) is 5.29. The molecule has 0 saturated heterocycles. The summed E-state index contributed by atoms with van der Waals surface area (Å²) in [5.74, 6) is -0.389. The zero-order valence-corrected chi connectivity index (χ0v) is 12.9. The minimum atomic E-state index is -4.38. The van der Waals surface area contributed by atoms with Gasteiger partial charge in [0.2, 0.25) is 0 Å². The van der Waals surface area contributed by atoms with Crippen molar-refractivity contribution in [1.29, 1.82) is 0 Å². The molecule has 0 fully saturated rings. The van der Waals surface area contributed by atoms with Crippen LogP contribution in [0.3, 0.4) is 0 Å². The largest absolute Gasteiger partial charge is 0.416 e. The number of para-hydroxylation sites is 1. The van der Waals surface area contributed by atoms with Gasteiger partial charge in [0.15, 0.2) is 0 Å². The van der Waals surface area contributed by atoms with Gasteiger partial charge in [0.25, 0.3) is 5.91 Å². The molecule has 3 aromatic rings. The number of hydrogen-bond acceptors (Lipinski definition) is 2. The first kappa shape index (κ1) is 16.7. The van der Waals surface area contributed by atoms with E-state index in [1.165, 1.54) is 18.3 Å². The van der Waals surface area contributed by atoms with E-state index < -0.39 is 11.7 Å². The molecule has 2 aromatic carbocycles. The molecular formula is C19H13F3N2O. The fraction of sp³-hybridized carbons (Fsp3) is 0.0526. The van der Waals surface area contributed by atoms with E-state index in [0.717, 1.165) is 12.1 Å². The molecule has 0 aliphatic heterocycles. The number of nitrogens with zero attached hydrogens (tertiary/aromatic N) is 1. The van der Waals surface area contributed by atoms with Crippen molar-refractivity contribution in [2.24, 2.45) is 0 Å². The normalized spacial score (nSPS) is 11.2. The number of carbonyl (C=O) groups is 1. The van der Waals surface area contributed by atoms with Gasteiger partial charge in [-0.05, 0) is 35.9 Å². The summed E-state index contributed by atoms with van der Waals surface area (Å²) >= 11 is 0. The minimum Gasteiger partial charge on any atom is -0.320 e. The van der Waals surface area contributed by atoms with E-state index in [2.05, 4.69) is 10.3 Å². The molecule has 6 heteroatoms. The van der Waals surface area contributed by atoms with Crippen LogP contribution in [-0.2, 0) is 6.18 Å². The summed E-state index contributed by atoms with van der Waals surface area (Å²) < 4.78 is 38.1. The van der Waals surface area contributed by atoms with E-state index in [9.17, 15) is 18.0 Å². The fourth-order valence-corrected chi connectivity index (χ4v) is 2.37. The van der Waals surface area contributed by atoms with E-state index in [-0.39, 0.29) is 11.6 Å². The third kappa shape index (κ3) is 3.85. The van der Waals surface area contributed by atoms with Gasteiger partial charge >= 0.3 is 6.18 Å². The molecular weight excluding hydrogens is 329 g/mol. The van der Waals surface area contributed by atoms with Crippen LogP contribution < -0.4 is 5.32 Å². The van der Waals surface area contributed by atoms with Crippen LogP contribution in [0.25, 0.3) is 11.1 Å². The summed E-state index contributed by atoms with van der Waals surface area (Å²) in [4.78, 5) is 16.2. The highest BCUT2D eigenvalue weighted by molar-refractivity contribution is 6.05. The predicted molar refractivity (Wildman–Crippen MR) is 89.1 cm³/mol. The molecule has 0 unspecified atom stereocenters. The third-order valence-electron chi connectivity index (χ3n) is 3.60. The van der Waals surface area contributed by atoms with Gasteiger partial charge in [-0.15, -0.1) is 0 Å². The zero-order valence-electron chi connectivity index (χ0n) is 12.9. The maximum Gasteiger partial charge on any atom is 0.416 e. The minimum absolute atomic E-state index is 0.254. The van der Waals surface area contributed by atoms with E-state index in [1.54, 1.807) is 42.5 Å². The molecule has 1 heterocycles. The van der Waals surface area contributed by atoms with E-state index >= 15 is 0 Å². The Bertz CT molecular complexity index is 875. The van der Waals surface area contributed by atoms with Crippen LogP contribution in [0.2, 0.25) is 0 Å². The lowest BCUT2D eigenvalue weighted by Crippen LogP contribution is -2.14. The van der Waals surface area contributed by atoms with Crippen molar-refractivity contribution in [2.75, 3.05) is 5.32 Å². The number of anilines is 1. The Morgan fingerprint density at radius 2 is 1.56 bits per heavy atom. The molecule has 0 radical (unpaired) electrons. The van der Waals surface area contributed by atoms with Gasteiger partial charge in [-0.25, -0.2) is 0 Å². The first-order valence-electron chi connectivity index (χ1n) is 7.44. The number of nitrogens with one attached hydrogen (secondary N) is 1. The predicted octanol–water partition coefficient (Wildman–Crippen LogP) is 5.02. The van der Waals surface area contributed by atoms with Gasteiger partial charge in [0, 0.05) is 17.4 Å². The average molecular weight is 342 g/mol. The van der Waals surface area contributed by atoms with Crippen LogP contribution in [0.4, 0.5) is 18.9 Å². The van der Waals surface area contributed by atoms with Crippen LogP contribution in [0, 0.1) is 0 Å². The number of pyridine rings is 1. The van der Waals surface area contributed by atoms with E-state index in [1.807, 2.05) is 0 Å². The summed E-state index contributed by atoms with van der Waals surface area (Å²) in [6.07, 6.45) is -2.87. The van der Waals surface area contributed by atoms with Crippen molar-refractivity contribution in [2.45, 2.75) is 6.18 Å². The lowest BCUT2D eigenvalue weighted by molar-refractivity contribution is -0.137. The number of hydrogen-bond donors (Lipinski definition) is 1. The molecule has 0 atom stereocenters. The number of benzene rings is 2. The van der Waals surface area contributed by atoms with Crippen molar-refractivity contribution in [3.05, 3.63) is 84.2 Å². The molecule has 3 nitrogen and oxygen atoms in total. The summed E-state index contributed by atoms with van der Waals surface area (Å²) in [5.41, 5.74) is 1.24. The Morgan fingerprint density at radius 1 is 0.880 bits per heavy atom. The van der Waals surface area contributed by atoms with Crippen molar-refractivity contribution >= 4 is 11.6 Å². The first-order valence-corrected chi connectivity index (χ1v) is 7.44. The number of carbonyl (C=O) groups excluding carboxylic acids is 1. The summed E-state index contributed by atoms with van der Waals surface area (Å²) in [5, 5.41) is 2.75. The summed E-state index contributed by atoms with van der Waals surface area (Å²) in [6, 6.07) is 16.7. The SMILES string of the molecule is O=C(Nc1ccccc1-c1ccc(C(F)(F)F)cc1)c1ccccn1. The van der Waals surface area contributed by atoms with Crippen LogP contribution >= 0.6 is 0 Å². The standard InChI is InChI=1S/C19H13F3N2O/c20-19(21,22)14-10-8-13(9-11-14)15-5-1-2-6-16(15)24-18(25)17-7-3-4-12-23-17/h1-12H,(H,24,25). The lowest BCUT2D eigenvalue weighted by Gasteiger charge is -2.12. The number of amides is 1. The Morgan fingerprint density at radius 3 is 2.20 bits per heavy atom. The van der Waals surface area contributed by atoms with Gasteiger partial charge in [-0.1, -0.05) is 36.4 Å². The third-order valence-corrected chi connectivity index (χ3v) is 3.60. The van der Waals surface area contributed by atoms with Crippen molar-refractivity contribution in [3.63, 3.8) is 0 Å². The van der Waals surface area contributed by atoms with Gasteiger partial charge in [-0.3, -0.25) is 9.78 Å². The van der Waals surface area contributed by atoms with Crippen LogP contribution in [0.5, 0.6) is 0 Å². The lowest BCUT2D eigenvalue weighted by atomic mass is 10.0. The molecule has 126 valence electrons. The van der Waals surface area contributed by atoms with E-state index in [4.69, 9.17) is 0 Å². The second-order valence-electron chi connectivity index (χ2n) is 5.29. The second kappa shape index (κ2) is 6.76. The maximum absolute atomic E-state index is 12.7. The molecule has 25 heavy (non-hydrogen) atoms. The Kier molecular flexibility index (Phi) is 4.52.